The molecule has 0 saturated carbocycles. The summed E-state index contributed by atoms with van der Waals surface area (Å²) in [6.45, 7) is 0. The summed E-state index contributed by atoms with van der Waals surface area (Å²) in [6, 6.07) is 12.4. The number of phenolic OH excluding ortho intramolecular Hbond substituents is 2. The highest BCUT2D eigenvalue weighted by Gasteiger charge is 2.52. The fourth-order valence-electron chi connectivity index (χ4n) is 3.19. The summed E-state index contributed by atoms with van der Waals surface area (Å²) in [6.07, 6.45) is 0. The van der Waals surface area contributed by atoms with Crippen LogP contribution in [0.3, 0.4) is 0 Å². The third-order valence-electron chi connectivity index (χ3n) is 4.46. The molecule has 3 aromatic rings. The smallest absolute Gasteiger partial charge is 0.283 e. The van der Waals surface area contributed by atoms with Gasteiger partial charge >= 0.3 is 0 Å². The molecule has 29 heavy (non-hydrogen) atoms. The molecule has 0 bridgehead atoms. The van der Waals surface area contributed by atoms with E-state index >= 15 is 0 Å². The van der Waals surface area contributed by atoms with Gasteiger partial charge in [-0.25, -0.2) is 0 Å². The van der Waals surface area contributed by atoms with Crippen molar-refractivity contribution in [3.8, 4) is 11.5 Å². The van der Waals surface area contributed by atoms with E-state index in [0.29, 0.717) is 0 Å². The van der Waals surface area contributed by atoms with Gasteiger partial charge in [0, 0.05) is 11.1 Å². The SMILES string of the molecule is O=S(=O)(O)C(c1ccccc1)(c1ccc(O)c(Cl)c1O)c1ccc(Cl)c(Cl)c1Cl. The molecule has 0 heterocycles. The second-order valence-electron chi connectivity index (χ2n) is 6.04. The van der Waals surface area contributed by atoms with Crippen LogP contribution in [0.2, 0.25) is 20.1 Å². The van der Waals surface area contributed by atoms with E-state index in [1.165, 1.54) is 24.3 Å². The average Bonchev–Trinajstić information content (AvgIpc) is 2.67. The van der Waals surface area contributed by atoms with E-state index in [4.69, 9.17) is 46.4 Å². The third-order valence-corrected chi connectivity index (χ3v) is 7.57. The first-order valence-corrected chi connectivity index (χ1v) is 10.9. The van der Waals surface area contributed by atoms with Gasteiger partial charge in [-0.1, -0.05) is 82.8 Å². The normalized spacial score (nSPS) is 13.8. The van der Waals surface area contributed by atoms with Gasteiger partial charge in [0.2, 0.25) is 0 Å². The van der Waals surface area contributed by atoms with E-state index in [1.807, 2.05) is 0 Å². The first kappa shape index (κ1) is 22.0. The molecule has 0 amide bonds. The summed E-state index contributed by atoms with van der Waals surface area (Å²) < 4.78 is 34.0. The zero-order chi connectivity index (χ0) is 21.6. The molecule has 0 fully saturated rings. The lowest BCUT2D eigenvalue weighted by atomic mass is 9.83. The van der Waals surface area contributed by atoms with Crippen molar-refractivity contribution in [3.05, 3.63) is 91.4 Å². The predicted molar refractivity (Wildman–Crippen MR) is 114 cm³/mol. The number of hydrogen-bond acceptors (Lipinski definition) is 4. The van der Waals surface area contributed by atoms with Crippen LogP contribution in [0, 0.1) is 0 Å². The van der Waals surface area contributed by atoms with Crippen molar-refractivity contribution < 1.29 is 23.2 Å². The van der Waals surface area contributed by atoms with Crippen molar-refractivity contribution in [2.45, 2.75) is 4.75 Å². The molecule has 152 valence electrons. The average molecular weight is 494 g/mol. The number of rotatable bonds is 4. The predicted octanol–water partition coefficient (Wildman–Crippen LogP) is 5.89. The maximum absolute atomic E-state index is 13.0. The standard InChI is InChI=1S/C19H12Cl4O5S/c20-13-8-6-11(15(21)16(13)22)19(29(26,27)28,10-4-2-1-3-5-10)12-7-9-14(24)17(23)18(12)25/h1-9,24-25H,(H,26,27,28). The molecule has 1 atom stereocenters. The zero-order valence-corrected chi connectivity index (χ0v) is 18.1. The highest BCUT2D eigenvalue weighted by Crippen LogP contribution is 2.53. The van der Waals surface area contributed by atoms with Gasteiger partial charge < -0.3 is 10.2 Å². The zero-order valence-electron chi connectivity index (χ0n) is 14.3. The van der Waals surface area contributed by atoms with Gasteiger partial charge in [0.25, 0.3) is 10.1 Å². The molecule has 10 heteroatoms. The van der Waals surface area contributed by atoms with Crippen LogP contribution >= 0.6 is 46.4 Å². The van der Waals surface area contributed by atoms with E-state index in [1.54, 1.807) is 18.2 Å². The number of aromatic hydroxyl groups is 2. The molecule has 3 rings (SSSR count). The van der Waals surface area contributed by atoms with Gasteiger partial charge in [-0.2, -0.15) is 8.42 Å². The first-order valence-electron chi connectivity index (χ1n) is 7.91. The van der Waals surface area contributed by atoms with Crippen molar-refractivity contribution in [1.29, 1.82) is 0 Å². The number of halogens is 4. The van der Waals surface area contributed by atoms with Gasteiger partial charge in [-0.3, -0.25) is 4.55 Å². The molecule has 1 unspecified atom stereocenters. The van der Waals surface area contributed by atoms with Crippen LogP contribution < -0.4 is 0 Å². The van der Waals surface area contributed by atoms with Crippen LogP contribution in [0.1, 0.15) is 16.7 Å². The lowest BCUT2D eigenvalue weighted by Gasteiger charge is -2.34. The summed E-state index contributed by atoms with van der Waals surface area (Å²) in [5.41, 5.74) is -0.464. The molecule has 0 radical (unpaired) electrons. The maximum Gasteiger partial charge on any atom is 0.283 e. The van der Waals surface area contributed by atoms with Crippen LogP contribution in [-0.2, 0) is 14.9 Å². The molecule has 0 aliphatic carbocycles. The van der Waals surface area contributed by atoms with Gasteiger partial charge in [-0.05, 0) is 23.8 Å². The van der Waals surface area contributed by atoms with E-state index in [9.17, 15) is 23.2 Å². The van der Waals surface area contributed by atoms with E-state index < -0.39 is 31.4 Å². The van der Waals surface area contributed by atoms with Crippen LogP contribution in [-0.4, -0.2) is 23.2 Å². The Morgan fingerprint density at radius 3 is 1.90 bits per heavy atom. The molecule has 3 aromatic carbocycles. The van der Waals surface area contributed by atoms with Crippen LogP contribution in [0.25, 0.3) is 0 Å². The van der Waals surface area contributed by atoms with Gasteiger partial charge in [0.05, 0.1) is 15.1 Å². The minimum absolute atomic E-state index is 0.0415. The number of benzene rings is 3. The molecule has 0 aliphatic rings. The second kappa shape index (κ2) is 7.87. The van der Waals surface area contributed by atoms with E-state index in [0.717, 1.165) is 12.1 Å². The van der Waals surface area contributed by atoms with Crippen molar-refractivity contribution in [3.63, 3.8) is 0 Å². The Morgan fingerprint density at radius 1 is 0.724 bits per heavy atom. The van der Waals surface area contributed by atoms with Crippen molar-refractivity contribution in [2.75, 3.05) is 0 Å². The Hall–Kier alpha value is -1.67. The Morgan fingerprint density at radius 2 is 1.31 bits per heavy atom. The van der Waals surface area contributed by atoms with Crippen molar-refractivity contribution in [2.24, 2.45) is 0 Å². The first-order chi connectivity index (χ1) is 13.5. The quantitative estimate of drug-likeness (QED) is 0.239. The fourth-order valence-corrected chi connectivity index (χ4v) is 5.41. The third kappa shape index (κ3) is 3.44. The molecular formula is C19H12Cl4O5S. The topological polar surface area (TPSA) is 94.8 Å². The van der Waals surface area contributed by atoms with E-state index in [2.05, 4.69) is 0 Å². The van der Waals surface area contributed by atoms with Crippen molar-refractivity contribution in [1.82, 2.24) is 0 Å². The van der Waals surface area contributed by atoms with Crippen LogP contribution in [0.15, 0.2) is 54.6 Å². The van der Waals surface area contributed by atoms with Gasteiger partial charge in [-0.15, -0.1) is 0 Å². The Balaban J connectivity index is 2.62. The molecular weight excluding hydrogens is 482 g/mol. The van der Waals surface area contributed by atoms with Crippen LogP contribution in [0.5, 0.6) is 11.5 Å². The van der Waals surface area contributed by atoms with Crippen molar-refractivity contribution >= 4 is 56.5 Å². The Labute approximate surface area is 186 Å². The van der Waals surface area contributed by atoms with Gasteiger partial charge in [0.1, 0.15) is 16.5 Å². The Kier molecular flexibility index (Phi) is 5.98. The molecule has 0 saturated heterocycles. The molecule has 0 aliphatic heterocycles. The summed E-state index contributed by atoms with van der Waals surface area (Å²) in [5.74, 6) is -1.24. The summed E-state index contributed by atoms with van der Waals surface area (Å²) >= 11 is 24.4. The maximum atomic E-state index is 13.0. The van der Waals surface area contributed by atoms with Gasteiger partial charge in [0.15, 0.2) is 4.75 Å². The summed E-state index contributed by atoms with van der Waals surface area (Å²) in [5, 5.41) is 19.6. The molecule has 3 N–H and O–H groups in total. The fraction of sp³-hybridized carbons (Fsp3) is 0.0526. The largest absolute Gasteiger partial charge is 0.506 e. The monoisotopic (exact) mass is 492 g/mol. The molecule has 0 spiro atoms. The summed E-state index contributed by atoms with van der Waals surface area (Å²) in [4.78, 5) is 0. The summed E-state index contributed by atoms with van der Waals surface area (Å²) in [7, 11) is -5.08. The lowest BCUT2D eigenvalue weighted by molar-refractivity contribution is 0.431. The minimum Gasteiger partial charge on any atom is -0.506 e. The van der Waals surface area contributed by atoms with Crippen LogP contribution in [0.4, 0.5) is 0 Å². The highest BCUT2D eigenvalue weighted by molar-refractivity contribution is 7.87. The number of hydrogen-bond donors (Lipinski definition) is 3. The molecule has 5 nitrogen and oxygen atoms in total. The molecule has 0 aromatic heterocycles. The van der Waals surface area contributed by atoms with E-state index in [-0.39, 0.29) is 31.8 Å². The second-order valence-corrected chi connectivity index (χ2v) is 9.14. The minimum atomic E-state index is -5.08. The lowest BCUT2D eigenvalue weighted by Crippen LogP contribution is -2.38. The highest BCUT2D eigenvalue weighted by atomic mass is 35.5. The number of phenols is 2. The Bertz CT molecular complexity index is 1140.